The Bertz CT molecular complexity index is 672. The minimum absolute atomic E-state index is 0.0186. The molecule has 0 spiro atoms. The lowest BCUT2D eigenvalue weighted by atomic mass is 10.1. The lowest BCUT2D eigenvalue weighted by molar-refractivity contribution is -0.119. The van der Waals surface area contributed by atoms with Crippen molar-refractivity contribution < 1.29 is 14.3 Å². The van der Waals surface area contributed by atoms with Gasteiger partial charge in [0, 0.05) is 36.0 Å². The molecule has 0 aliphatic heterocycles. The van der Waals surface area contributed by atoms with Gasteiger partial charge in [0.15, 0.2) is 5.13 Å². The zero-order valence-electron chi connectivity index (χ0n) is 12.8. The SMILES string of the molecule is COc1ccc(OC)c([C@H]2C[C@@H]2C(=O)N(C)c2nccs2)c1. The highest BCUT2D eigenvalue weighted by Crippen LogP contribution is 2.52. The van der Waals surface area contributed by atoms with Crippen molar-refractivity contribution in [2.45, 2.75) is 12.3 Å². The topological polar surface area (TPSA) is 51.7 Å². The molecule has 1 aromatic heterocycles. The van der Waals surface area contributed by atoms with Crippen LogP contribution in [0.3, 0.4) is 0 Å². The number of nitrogens with zero attached hydrogens (tertiary/aromatic N) is 2. The van der Waals surface area contributed by atoms with E-state index in [0.717, 1.165) is 28.6 Å². The highest BCUT2D eigenvalue weighted by molar-refractivity contribution is 7.13. The van der Waals surface area contributed by atoms with Gasteiger partial charge in [0.25, 0.3) is 0 Å². The van der Waals surface area contributed by atoms with Crippen molar-refractivity contribution in [2.24, 2.45) is 5.92 Å². The quantitative estimate of drug-likeness (QED) is 0.850. The van der Waals surface area contributed by atoms with Crippen LogP contribution in [0.15, 0.2) is 29.8 Å². The van der Waals surface area contributed by atoms with E-state index in [4.69, 9.17) is 9.47 Å². The second-order valence-corrected chi connectivity index (χ2v) is 6.14. The second-order valence-electron chi connectivity index (χ2n) is 5.27. The fourth-order valence-electron chi connectivity index (χ4n) is 2.67. The van der Waals surface area contributed by atoms with Crippen molar-refractivity contribution in [1.29, 1.82) is 0 Å². The van der Waals surface area contributed by atoms with Gasteiger partial charge in [-0.25, -0.2) is 4.98 Å². The van der Waals surface area contributed by atoms with E-state index in [0.29, 0.717) is 0 Å². The molecule has 1 amide bonds. The van der Waals surface area contributed by atoms with Crippen LogP contribution < -0.4 is 14.4 Å². The Morgan fingerprint density at radius 2 is 2.18 bits per heavy atom. The van der Waals surface area contributed by atoms with Crippen LogP contribution in [-0.2, 0) is 4.79 Å². The van der Waals surface area contributed by atoms with E-state index < -0.39 is 0 Å². The summed E-state index contributed by atoms with van der Waals surface area (Å²) < 4.78 is 10.7. The summed E-state index contributed by atoms with van der Waals surface area (Å²) in [5.74, 6) is 1.85. The molecule has 0 N–H and O–H groups in total. The molecule has 1 aliphatic carbocycles. The van der Waals surface area contributed by atoms with Gasteiger partial charge in [-0.1, -0.05) is 0 Å². The molecule has 1 fully saturated rings. The van der Waals surface area contributed by atoms with E-state index in [9.17, 15) is 4.79 Å². The molecule has 22 heavy (non-hydrogen) atoms. The van der Waals surface area contributed by atoms with Crippen LogP contribution in [0.25, 0.3) is 0 Å². The fraction of sp³-hybridized carbons (Fsp3) is 0.375. The number of ether oxygens (including phenoxy) is 2. The molecular weight excluding hydrogens is 300 g/mol. The van der Waals surface area contributed by atoms with E-state index in [1.807, 2.05) is 23.6 Å². The highest BCUT2D eigenvalue weighted by Gasteiger charge is 2.47. The predicted octanol–water partition coefficient (Wildman–Crippen LogP) is 2.93. The first kappa shape index (κ1) is 14.8. The minimum Gasteiger partial charge on any atom is -0.497 e. The van der Waals surface area contributed by atoms with Gasteiger partial charge in [0.05, 0.1) is 14.2 Å². The van der Waals surface area contributed by atoms with Crippen molar-refractivity contribution in [3.05, 3.63) is 35.3 Å². The molecule has 5 nitrogen and oxygen atoms in total. The molecule has 2 aromatic rings. The van der Waals surface area contributed by atoms with E-state index >= 15 is 0 Å². The predicted molar refractivity (Wildman–Crippen MR) is 85.9 cm³/mol. The number of hydrogen-bond donors (Lipinski definition) is 0. The van der Waals surface area contributed by atoms with Gasteiger partial charge in [-0.2, -0.15) is 0 Å². The Kier molecular flexibility index (Phi) is 4.02. The standard InChI is InChI=1S/C16H18N2O3S/c1-18(16-17-6-7-22-16)15(19)13-9-11(13)12-8-10(20-2)4-5-14(12)21-3/h4-8,11,13H,9H2,1-3H3/t11-,13+/m1/s1. The van der Waals surface area contributed by atoms with Gasteiger partial charge in [-0.05, 0) is 24.6 Å². The van der Waals surface area contributed by atoms with Crippen molar-refractivity contribution in [2.75, 3.05) is 26.2 Å². The maximum Gasteiger partial charge on any atom is 0.232 e. The normalized spacial score (nSPS) is 19.6. The molecule has 0 bridgehead atoms. The average Bonchev–Trinajstić information content (AvgIpc) is 3.16. The van der Waals surface area contributed by atoms with Crippen molar-refractivity contribution >= 4 is 22.4 Å². The average molecular weight is 318 g/mol. The van der Waals surface area contributed by atoms with Crippen LogP contribution in [0.4, 0.5) is 5.13 Å². The summed E-state index contributed by atoms with van der Waals surface area (Å²) in [6, 6.07) is 5.71. The number of methoxy groups -OCH3 is 2. The Hall–Kier alpha value is -2.08. The van der Waals surface area contributed by atoms with E-state index in [-0.39, 0.29) is 17.7 Å². The third-order valence-electron chi connectivity index (χ3n) is 3.98. The van der Waals surface area contributed by atoms with Crippen LogP contribution in [0.1, 0.15) is 17.9 Å². The molecule has 2 atom stereocenters. The van der Waals surface area contributed by atoms with Gasteiger partial charge in [0.1, 0.15) is 11.5 Å². The molecule has 1 aromatic carbocycles. The van der Waals surface area contributed by atoms with Gasteiger partial charge in [-0.15, -0.1) is 11.3 Å². The molecular formula is C16H18N2O3S. The molecule has 0 unspecified atom stereocenters. The minimum atomic E-state index is -0.0186. The Balaban J connectivity index is 1.78. The number of carbonyl (C=O) groups is 1. The smallest absolute Gasteiger partial charge is 0.232 e. The molecule has 0 radical (unpaired) electrons. The van der Waals surface area contributed by atoms with E-state index in [2.05, 4.69) is 4.98 Å². The highest BCUT2D eigenvalue weighted by atomic mass is 32.1. The summed E-state index contributed by atoms with van der Waals surface area (Å²) in [4.78, 5) is 18.4. The van der Waals surface area contributed by atoms with Crippen molar-refractivity contribution in [3.63, 3.8) is 0 Å². The lowest BCUT2D eigenvalue weighted by Crippen LogP contribution is -2.28. The van der Waals surface area contributed by atoms with Crippen LogP contribution in [0, 0.1) is 5.92 Å². The first-order valence-electron chi connectivity index (χ1n) is 7.04. The lowest BCUT2D eigenvalue weighted by Gasteiger charge is -2.14. The molecule has 3 rings (SSSR count). The second kappa shape index (κ2) is 5.96. The van der Waals surface area contributed by atoms with Crippen LogP contribution in [-0.4, -0.2) is 32.2 Å². The molecule has 1 aliphatic rings. The molecule has 1 saturated carbocycles. The Morgan fingerprint density at radius 3 is 2.82 bits per heavy atom. The first-order valence-corrected chi connectivity index (χ1v) is 7.92. The number of aromatic nitrogens is 1. The molecule has 116 valence electrons. The van der Waals surface area contributed by atoms with Crippen LogP contribution in [0.2, 0.25) is 0 Å². The summed E-state index contributed by atoms with van der Waals surface area (Å²) in [7, 11) is 5.06. The summed E-state index contributed by atoms with van der Waals surface area (Å²) in [6.07, 6.45) is 2.54. The third kappa shape index (κ3) is 2.66. The number of benzene rings is 1. The molecule has 1 heterocycles. The Morgan fingerprint density at radius 1 is 1.36 bits per heavy atom. The number of carbonyl (C=O) groups excluding carboxylic acids is 1. The fourth-order valence-corrected chi connectivity index (χ4v) is 3.28. The molecule has 6 heteroatoms. The number of amides is 1. The largest absolute Gasteiger partial charge is 0.497 e. The van der Waals surface area contributed by atoms with Gasteiger partial charge >= 0.3 is 0 Å². The third-order valence-corrected chi connectivity index (χ3v) is 4.83. The maximum atomic E-state index is 12.6. The van der Waals surface area contributed by atoms with Crippen molar-refractivity contribution in [1.82, 2.24) is 4.98 Å². The van der Waals surface area contributed by atoms with Crippen LogP contribution >= 0.6 is 11.3 Å². The molecule has 0 saturated heterocycles. The number of hydrogen-bond acceptors (Lipinski definition) is 5. The van der Waals surface area contributed by atoms with Gasteiger partial charge < -0.3 is 9.47 Å². The van der Waals surface area contributed by atoms with Gasteiger partial charge in [0.2, 0.25) is 5.91 Å². The first-order chi connectivity index (χ1) is 10.7. The van der Waals surface area contributed by atoms with E-state index in [1.54, 1.807) is 32.4 Å². The number of rotatable bonds is 5. The zero-order chi connectivity index (χ0) is 15.7. The number of thiazole rings is 1. The summed E-state index contributed by atoms with van der Waals surface area (Å²) in [6.45, 7) is 0. The Labute approximate surface area is 133 Å². The van der Waals surface area contributed by atoms with Crippen molar-refractivity contribution in [3.8, 4) is 11.5 Å². The summed E-state index contributed by atoms with van der Waals surface area (Å²) >= 11 is 1.46. The summed E-state index contributed by atoms with van der Waals surface area (Å²) in [5.41, 5.74) is 1.03. The van der Waals surface area contributed by atoms with Gasteiger partial charge in [-0.3, -0.25) is 9.69 Å². The van der Waals surface area contributed by atoms with E-state index in [1.165, 1.54) is 11.3 Å². The summed E-state index contributed by atoms with van der Waals surface area (Å²) in [5, 5.41) is 2.60. The maximum absolute atomic E-state index is 12.6. The number of anilines is 1. The van der Waals surface area contributed by atoms with Crippen LogP contribution in [0.5, 0.6) is 11.5 Å². The monoisotopic (exact) mass is 318 g/mol. The zero-order valence-corrected chi connectivity index (χ0v) is 13.6.